The van der Waals surface area contributed by atoms with Gasteiger partial charge >= 0.3 is 0 Å². The number of hydrogen-bond donors (Lipinski definition) is 0. The predicted molar refractivity (Wildman–Crippen MR) is 43.4 cm³/mol. The van der Waals surface area contributed by atoms with Gasteiger partial charge in [0.2, 0.25) is 0 Å². The van der Waals surface area contributed by atoms with Gasteiger partial charge in [0.25, 0.3) is 0 Å². The minimum atomic E-state index is -0.414. The van der Waals surface area contributed by atoms with Crippen LogP contribution in [-0.4, -0.2) is 0 Å². The Labute approximate surface area is 72.4 Å². The van der Waals surface area contributed by atoms with Gasteiger partial charge in [0.1, 0.15) is 11.6 Å². The van der Waals surface area contributed by atoms with Crippen LogP contribution in [0.4, 0.5) is 8.78 Å². The van der Waals surface area contributed by atoms with E-state index in [4.69, 9.17) is 0 Å². The Hall–Kier alpha value is -0.440. The van der Waals surface area contributed by atoms with Crippen LogP contribution < -0.4 is 0 Å². The van der Waals surface area contributed by atoms with Gasteiger partial charge in [-0.3, -0.25) is 0 Å². The standard InChI is InChI=1S/C8H7BrF2/c1-2-5-3-8(11)6(9)4-7(5)10/h3-4H,2H2,1H3. The Balaban J connectivity index is 3.21. The van der Waals surface area contributed by atoms with Crippen LogP contribution in [0.15, 0.2) is 16.6 Å². The molecule has 0 aliphatic heterocycles. The highest BCUT2D eigenvalue weighted by Crippen LogP contribution is 2.19. The van der Waals surface area contributed by atoms with Gasteiger partial charge in [-0.15, -0.1) is 0 Å². The highest BCUT2D eigenvalue weighted by molar-refractivity contribution is 9.10. The van der Waals surface area contributed by atoms with Crippen molar-refractivity contribution in [1.82, 2.24) is 0 Å². The van der Waals surface area contributed by atoms with Crippen LogP contribution in [0.2, 0.25) is 0 Å². The maximum atomic E-state index is 12.8. The molecule has 0 spiro atoms. The molecule has 1 rings (SSSR count). The number of rotatable bonds is 1. The second-order valence-corrected chi connectivity index (χ2v) is 3.07. The van der Waals surface area contributed by atoms with Crippen molar-refractivity contribution in [3.05, 3.63) is 33.8 Å². The third kappa shape index (κ3) is 1.77. The quantitative estimate of drug-likeness (QED) is 0.638. The molecule has 60 valence electrons. The maximum absolute atomic E-state index is 12.8. The SMILES string of the molecule is CCc1cc(F)c(Br)cc1F. The van der Waals surface area contributed by atoms with Gasteiger partial charge in [-0.25, -0.2) is 8.78 Å². The molecule has 0 heterocycles. The van der Waals surface area contributed by atoms with E-state index in [1.807, 2.05) is 0 Å². The molecule has 0 N–H and O–H groups in total. The van der Waals surface area contributed by atoms with Crippen LogP contribution in [0.5, 0.6) is 0 Å². The molecular weight excluding hydrogens is 214 g/mol. The largest absolute Gasteiger partial charge is 0.207 e. The molecule has 0 atom stereocenters. The summed E-state index contributed by atoms with van der Waals surface area (Å²) in [6.07, 6.45) is 0.510. The Morgan fingerprint density at radius 3 is 2.45 bits per heavy atom. The predicted octanol–water partition coefficient (Wildman–Crippen LogP) is 3.29. The van der Waals surface area contributed by atoms with E-state index >= 15 is 0 Å². The van der Waals surface area contributed by atoms with Gasteiger partial charge in [0, 0.05) is 0 Å². The molecule has 0 nitrogen and oxygen atoms in total. The summed E-state index contributed by atoms with van der Waals surface area (Å²) in [4.78, 5) is 0. The summed E-state index contributed by atoms with van der Waals surface area (Å²) in [5, 5.41) is 0. The monoisotopic (exact) mass is 220 g/mol. The van der Waals surface area contributed by atoms with E-state index in [1.165, 1.54) is 6.07 Å². The first-order valence-corrected chi connectivity index (χ1v) is 4.08. The molecule has 0 unspecified atom stereocenters. The van der Waals surface area contributed by atoms with E-state index in [9.17, 15) is 8.78 Å². The number of halogens is 3. The lowest BCUT2D eigenvalue weighted by molar-refractivity contribution is 0.582. The summed E-state index contributed by atoms with van der Waals surface area (Å²) in [6.45, 7) is 1.78. The molecule has 11 heavy (non-hydrogen) atoms. The summed E-state index contributed by atoms with van der Waals surface area (Å²) in [5.41, 5.74) is 0.408. The number of aryl methyl sites for hydroxylation is 1. The molecule has 1 aromatic carbocycles. The fourth-order valence-corrected chi connectivity index (χ4v) is 1.15. The summed E-state index contributed by atoms with van der Waals surface area (Å²) >= 11 is 2.89. The Kier molecular flexibility index (Phi) is 2.60. The molecule has 1 aromatic rings. The Morgan fingerprint density at radius 1 is 1.27 bits per heavy atom. The van der Waals surface area contributed by atoms with Gasteiger partial charge in [-0.05, 0) is 40.0 Å². The molecule has 0 amide bonds. The van der Waals surface area contributed by atoms with Crippen molar-refractivity contribution in [3.8, 4) is 0 Å². The lowest BCUT2D eigenvalue weighted by Crippen LogP contribution is -1.90. The second kappa shape index (κ2) is 3.30. The molecule has 0 bridgehead atoms. The van der Waals surface area contributed by atoms with E-state index in [2.05, 4.69) is 15.9 Å². The fraction of sp³-hybridized carbons (Fsp3) is 0.250. The molecule has 0 radical (unpaired) electrons. The van der Waals surface area contributed by atoms with E-state index in [0.717, 1.165) is 6.07 Å². The van der Waals surface area contributed by atoms with Gasteiger partial charge in [0.15, 0.2) is 0 Å². The topological polar surface area (TPSA) is 0 Å². The summed E-state index contributed by atoms with van der Waals surface area (Å²) < 4.78 is 25.7. The van der Waals surface area contributed by atoms with Crippen molar-refractivity contribution < 1.29 is 8.78 Å². The minimum absolute atomic E-state index is 0.173. The van der Waals surface area contributed by atoms with E-state index in [1.54, 1.807) is 6.92 Å². The molecule has 0 fully saturated rings. The summed E-state index contributed by atoms with van der Waals surface area (Å²) in [6, 6.07) is 2.35. The van der Waals surface area contributed by atoms with E-state index in [-0.39, 0.29) is 10.3 Å². The highest BCUT2D eigenvalue weighted by Gasteiger charge is 2.05. The van der Waals surface area contributed by atoms with Crippen LogP contribution in [0.1, 0.15) is 12.5 Å². The van der Waals surface area contributed by atoms with Crippen molar-refractivity contribution in [3.63, 3.8) is 0 Å². The zero-order valence-electron chi connectivity index (χ0n) is 6.00. The molecule has 0 saturated heterocycles. The first kappa shape index (κ1) is 8.65. The second-order valence-electron chi connectivity index (χ2n) is 2.21. The smallest absolute Gasteiger partial charge is 0.137 e. The molecule has 0 aromatic heterocycles. The molecule has 0 aliphatic carbocycles. The fourth-order valence-electron chi connectivity index (χ4n) is 0.835. The summed E-state index contributed by atoms with van der Waals surface area (Å²) in [5.74, 6) is -0.774. The van der Waals surface area contributed by atoms with Gasteiger partial charge in [-0.1, -0.05) is 6.92 Å². The first-order chi connectivity index (χ1) is 5.15. The Bertz CT molecular complexity index is 271. The van der Waals surface area contributed by atoms with E-state index < -0.39 is 5.82 Å². The summed E-state index contributed by atoms with van der Waals surface area (Å²) in [7, 11) is 0. The minimum Gasteiger partial charge on any atom is -0.207 e. The van der Waals surface area contributed by atoms with Crippen LogP contribution in [0.3, 0.4) is 0 Å². The highest BCUT2D eigenvalue weighted by atomic mass is 79.9. The van der Waals surface area contributed by atoms with Crippen molar-refractivity contribution in [2.24, 2.45) is 0 Å². The van der Waals surface area contributed by atoms with Crippen molar-refractivity contribution in [1.29, 1.82) is 0 Å². The third-order valence-electron chi connectivity index (χ3n) is 1.47. The van der Waals surface area contributed by atoms with Crippen molar-refractivity contribution in [2.75, 3.05) is 0 Å². The van der Waals surface area contributed by atoms with Gasteiger partial charge < -0.3 is 0 Å². The average molecular weight is 221 g/mol. The molecule has 3 heteroatoms. The third-order valence-corrected chi connectivity index (χ3v) is 2.08. The van der Waals surface area contributed by atoms with Crippen molar-refractivity contribution >= 4 is 15.9 Å². The zero-order chi connectivity index (χ0) is 8.43. The lowest BCUT2D eigenvalue weighted by Gasteiger charge is -2.00. The normalized spacial score (nSPS) is 10.2. The van der Waals surface area contributed by atoms with Crippen LogP contribution in [0, 0.1) is 11.6 Å². The van der Waals surface area contributed by atoms with Crippen LogP contribution >= 0.6 is 15.9 Å². The maximum Gasteiger partial charge on any atom is 0.137 e. The Morgan fingerprint density at radius 2 is 1.91 bits per heavy atom. The molecule has 0 saturated carbocycles. The molecule has 0 aliphatic rings. The van der Waals surface area contributed by atoms with Crippen LogP contribution in [-0.2, 0) is 6.42 Å². The first-order valence-electron chi connectivity index (χ1n) is 3.28. The van der Waals surface area contributed by atoms with E-state index in [0.29, 0.717) is 12.0 Å². The lowest BCUT2D eigenvalue weighted by atomic mass is 10.1. The zero-order valence-corrected chi connectivity index (χ0v) is 7.58. The van der Waals surface area contributed by atoms with Gasteiger partial charge in [0.05, 0.1) is 4.47 Å². The van der Waals surface area contributed by atoms with Crippen molar-refractivity contribution in [2.45, 2.75) is 13.3 Å². The van der Waals surface area contributed by atoms with Gasteiger partial charge in [-0.2, -0.15) is 0 Å². The molecular formula is C8H7BrF2. The number of hydrogen-bond acceptors (Lipinski definition) is 0. The number of benzene rings is 1. The van der Waals surface area contributed by atoms with Crippen LogP contribution in [0.25, 0.3) is 0 Å². The average Bonchev–Trinajstić information content (AvgIpc) is 1.97.